The zero-order valence-corrected chi connectivity index (χ0v) is 11.3. The van der Waals surface area contributed by atoms with Crippen LogP contribution in [0, 0.1) is 6.92 Å². The van der Waals surface area contributed by atoms with Crippen molar-refractivity contribution in [1.29, 1.82) is 0 Å². The summed E-state index contributed by atoms with van der Waals surface area (Å²) < 4.78 is 7.65. The standard InChI is InChI=1S/C15H20N2O/c1-10-4-7-13(18-3)15-14(10)11(9-17(15)2)8-16-12-5-6-12/h4,7,9,12,16H,5-6,8H2,1-3H3. The van der Waals surface area contributed by atoms with Gasteiger partial charge in [-0.25, -0.2) is 0 Å². The third-order valence-electron chi connectivity index (χ3n) is 3.75. The molecule has 0 saturated heterocycles. The van der Waals surface area contributed by atoms with Crippen LogP contribution in [-0.2, 0) is 13.6 Å². The van der Waals surface area contributed by atoms with Crippen LogP contribution in [-0.4, -0.2) is 17.7 Å². The lowest BCUT2D eigenvalue weighted by atomic mass is 10.1. The van der Waals surface area contributed by atoms with Gasteiger partial charge in [0.2, 0.25) is 0 Å². The minimum Gasteiger partial charge on any atom is -0.495 e. The molecule has 3 nitrogen and oxygen atoms in total. The van der Waals surface area contributed by atoms with Gasteiger partial charge in [0.05, 0.1) is 12.6 Å². The third-order valence-corrected chi connectivity index (χ3v) is 3.75. The number of nitrogens with zero attached hydrogens (tertiary/aromatic N) is 1. The molecule has 2 aromatic rings. The van der Waals surface area contributed by atoms with E-state index in [9.17, 15) is 0 Å². The molecular weight excluding hydrogens is 224 g/mol. The number of methoxy groups -OCH3 is 1. The summed E-state index contributed by atoms with van der Waals surface area (Å²) >= 11 is 0. The molecule has 0 atom stereocenters. The molecule has 1 aliphatic rings. The molecule has 0 radical (unpaired) electrons. The maximum absolute atomic E-state index is 5.47. The van der Waals surface area contributed by atoms with Crippen LogP contribution in [0.2, 0.25) is 0 Å². The zero-order valence-electron chi connectivity index (χ0n) is 11.3. The van der Waals surface area contributed by atoms with Gasteiger partial charge in [0.1, 0.15) is 5.75 Å². The van der Waals surface area contributed by atoms with Gasteiger partial charge in [-0.1, -0.05) is 6.07 Å². The minimum absolute atomic E-state index is 0.742. The van der Waals surface area contributed by atoms with E-state index in [4.69, 9.17) is 4.74 Å². The molecule has 1 aliphatic carbocycles. The monoisotopic (exact) mass is 244 g/mol. The Bertz CT molecular complexity index is 582. The number of rotatable bonds is 4. The predicted molar refractivity (Wildman–Crippen MR) is 74.1 cm³/mol. The van der Waals surface area contributed by atoms with Crippen molar-refractivity contribution < 1.29 is 4.74 Å². The topological polar surface area (TPSA) is 26.2 Å². The van der Waals surface area contributed by atoms with Gasteiger partial charge in [-0.2, -0.15) is 0 Å². The van der Waals surface area contributed by atoms with E-state index in [2.05, 4.69) is 42.2 Å². The molecule has 18 heavy (non-hydrogen) atoms. The molecular formula is C15H20N2O. The average Bonchev–Trinajstić information content (AvgIpc) is 3.13. The molecule has 1 fully saturated rings. The van der Waals surface area contributed by atoms with E-state index in [1.807, 2.05) is 0 Å². The summed E-state index contributed by atoms with van der Waals surface area (Å²) in [5.74, 6) is 0.954. The smallest absolute Gasteiger partial charge is 0.143 e. The van der Waals surface area contributed by atoms with Gasteiger partial charge < -0.3 is 14.6 Å². The Kier molecular flexibility index (Phi) is 2.78. The summed E-state index contributed by atoms with van der Waals surface area (Å²) in [6, 6.07) is 4.93. The van der Waals surface area contributed by atoms with Crippen molar-refractivity contribution >= 4 is 10.9 Å². The highest BCUT2D eigenvalue weighted by molar-refractivity contribution is 5.91. The number of nitrogens with one attached hydrogen (secondary N) is 1. The van der Waals surface area contributed by atoms with Crippen LogP contribution in [0.1, 0.15) is 24.0 Å². The van der Waals surface area contributed by atoms with Crippen molar-refractivity contribution in [2.75, 3.05) is 7.11 Å². The summed E-state index contributed by atoms with van der Waals surface area (Å²) in [7, 11) is 3.82. The number of hydrogen-bond acceptors (Lipinski definition) is 2. The van der Waals surface area contributed by atoms with Crippen LogP contribution in [0.3, 0.4) is 0 Å². The second kappa shape index (κ2) is 4.32. The van der Waals surface area contributed by atoms with Gasteiger partial charge in [-0.3, -0.25) is 0 Å². The molecule has 1 aromatic heterocycles. The Hall–Kier alpha value is -1.48. The Labute approximate surface area is 108 Å². The number of aryl methyl sites for hydroxylation is 2. The molecule has 1 heterocycles. The molecule has 0 spiro atoms. The molecule has 1 N–H and O–H groups in total. The molecule has 0 amide bonds. The molecule has 0 bridgehead atoms. The van der Waals surface area contributed by atoms with Crippen LogP contribution in [0.15, 0.2) is 18.3 Å². The van der Waals surface area contributed by atoms with Crippen molar-refractivity contribution in [1.82, 2.24) is 9.88 Å². The molecule has 0 unspecified atom stereocenters. The van der Waals surface area contributed by atoms with E-state index >= 15 is 0 Å². The maximum atomic E-state index is 5.47. The summed E-state index contributed by atoms with van der Waals surface area (Å²) in [5, 5.41) is 4.93. The zero-order chi connectivity index (χ0) is 12.7. The van der Waals surface area contributed by atoms with Crippen molar-refractivity contribution in [3.8, 4) is 5.75 Å². The predicted octanol–water partition coefficient (Wildman–Crippen LogP) is 2.75. The van der Waals surface area contributed by atoms with Crippen molar-refractivity contribution in [3.63, 3.8) is 0 Å². The summed E-state index contributed by atoms with van der Waals surface area (Å²) in [6.07, 6.45) is 4.87. The van der Waals surface area contributed by atoms with Crippen molar-refractivity contribution in [2.45, 2.75) is 32.4 Å². The van der Waals surface area contributed by atoms with Gasteiger partial charge in [-0.05, 0) is 37.0 Å². The molecule has 96 valence electrons. The molecule has 3 rings (SSSR count). The SMILES string of the molecule is COc1ccc(C)c2c(CNC3CC3)cn(C)c12. The summed E-state index contributed by atoms with van der Waals surface area (Å²) in [5.41, 5.74) is 3.89. The number of fused-ring (bicyclic) bond motifs is 1. The average molecular weight is 244 g/mol. The molecule has 0 aliphatic heterocycles. The molecule has 1 saturated carbocycles. The molecule has 1 aromatic carbocycles. The Morgan fingerprint density at radius 1 is 1.39 bits per heavy atom. The minimum atomic E-state index is 0.742. The normalized spacial score (nSPS) is 15.3. The van der Waals surface area contributed by atoms with Crippen LogP contribution < -0.4 is 10.1 Å². The quantitative estimate of drug-likeness (QED) is 0.895. The van der Waals surface area contributed by atoms with Gasteiger partial charge in [0.25, 0.3) is 0 Å². The molecule has 3 heteroatoms. The fraction of sp³-hybridized carbons (Fsp3) is 0.467. The van der Waals surface area contributed by atoms with E-state index in [0.29, 0.717) is 0 Å². The first kappa shape index (κ1) is 11.6. The third kappa shape index (κ3) is 1.89. The largest absolute Gasteiger partial charge is 0.495 e. The van der Waals surface area contributed by atoms with Gasteiger partial charge in [0, 0.05) is 31.2 Å². The lowest BCUT2D eigenvalue weighted by Crippen LogP contribution is -2.15. The van der Waals surface area contributed by atoms with Gasteiger partial charge in [-0.15, -0.1) is 0 Å². The second-order valence-electron chi connectivity index (χ2n) is 5.23. The number of benzene rings is 1. The highest BCUT2D eigenvalue weighted by Gasteiger charge is 2.21. The maximum Gasteiger partial charge on any atom is 0.143 e. The van der Waals surface area contributed by atoms with E-state index in [1.165, 1.54) is 34.9 Å². The van der Waals surface area contributed by atoms with Gasteiger partial charge >= 0.3 is 0 Å². The van der Waals surface area contributed by atoms with E-state index in [-0.39, 0.29) is 0 Å². The lowest BCUT2D eigenvalue weighted by molar-refractivity contribution is 0.418. The number of aromatic nitrogens is 1. The number of ether oxygens (including phenoxy) is 1. The van der Waals surface area contributed by atoms with Crippen molar-refractivity contribution in [3.05, 3.63) is 29.5 Å². The number of hydrogen-bond donors (Lipinski definition) is 1. The van der Waals surface area contributed by atoms with E-state index < -0.39 is 0 Å². The van der Waals surface area contributed by atoms with Crippen LogP contribution in [0.5, 0.6) is 5.75 Å². The van der Waals surface area contributed by atoms with E-state index in [0.717, 1.165) is 18.3 Å². The van der Waals surface area contributed by atoms with Crippen LogP contribution >= 0.6 is 0 Å². The highest BCUT2D eigenvalue weighted by atomic mass is 16.5. The Morgan fingerprint density at radius 3 is 2.83 bits per heavy atom. The first-order valence-corrected chi connectivity index (χ1v) is 6.55. The second-order valence-corrected chi connectivity index (χ2v) is 5.23. The fourth-order valence-electron chi connectivity index (χ4n) is 2.63. The van der Waals surface area contributed by atoms with E-state index in [1.54, 1.807) is 7.11 Å². The first-order valence-electron chi connectivity index (χ1n) is 6.55. The van der Waals surface area contributed by atoms with Crippen molar-refractivity contribution in [2.24, 2.45) is 7.05 Å². The highest BCUT2D eigenvalue weighted by Crippen LogP contribution is 2.32. The van der Waals surface area contributed by atoms with Crippen LogP contribution in [0.4, 0.5) is 0 Å². The fourth-order valence-corrected chi connectivity index (χ4v) is 2.63. The van der Waals surface area contributed by atoms with Crippen LogP contribution in [0.25, 0.3) is 10.9 Å². The Balaban J connectivity index is 2.07. The summed E-state index contributed by atoms with van der Waals surface area (Å²) in [6.45, 7) is 3.12. The lowest BCUT2D eigenvalue weighted by Gasteiger charge is -2.07. The summed E-state index contributed by atoms with van der Waals surface area (Å²) in [4.78, 5) is 0. The first-order chi connectivity index (χ1) is 8.70. The van der Waals surface area contributed by atoms with Gasteiger partial charge in [0.15, 0.2) is 0 Å². The Morgan fingerprint density at radius 2 is 2.17 bits per heavy atom.